The van der Waals surface area contributed by atoms with Crippen LogP contribution in [0.4, 0.5) is 5.13 Å². The van der Waals surface area contributed by atoms with Crippen LogP contribution in [0.25, 0.3) is 0 Å². The van der Waals surface area contributed by atoms with Gasteiger partial charge in [0.2, 0.25) is 5.13 Å². The van der Waals surface area contributed by atoms with E-state index in [0.29, 0.717) is 6.61 Å². The molecule has 0 unspecified atom stereocenters. The Morgan fingerprint density at radius 1 is 1.32 bits per heavy atom. The zero-order valence-electron chi connectivity index (χ0n) is 11.1. The number of hydrogen-bond acceptors (Lipinski definition) is 7. The highest BCUT2D eigenvalue weighted by atomic mass is 32.1. The van der Waals surface area contributed by atoms with Gasteiger partial charge in [0.15, 0.2) is 5.79 Å². The van der Waals surface area contributed by atoms with Gasteiger partial charge >= 0.3 is 0 Å². The number of ether oxygens (including phenoxy) is 3. The highest BCUT2D eigenvalue weighted by Gasteiger charge is 2.40. The third-order valence-electron chi connectivity index (χ3n) is 3.60. The normalized spacial score (nSPS) is 22.3. The summed E-state index contributed by atoms with van der Waals surface area (Å²) in [4.78, 5) is 6.83. The number of anilines is 1. The summed E-state index contributed by atoms with van der Waals surface area (Å²) in [6.45, 7) is 3.94. The van der Waals surface area contributed by atoms with Gasteiger partial charge in [-0.2, -0.15) is 4.37 Å². The lowest BCUT2D eigenvalue weighted by atomic mass is 10.0. The summed E-state index contributed by atoms with van der Waals surface area (Å²) in [5.41, 5.74) is 0. The van der Waals surface area contributed by atoms with Crippen molar-refractivity contribution >= 4 is 16.7 Å². The van der Waals surface area contributed by atoms with Crippen LogP contribution in [0.15, 0.2) is 0 Å². The van der Waals surface area contributed by atoms with Crippen molar-refractivity contribution in [2.45, 2.75) is 25.0 Å². The molecule has 0 N–H and O–H groups in total. The van der Waals surface area contributed by atoms with Gasteiger partial charge in [-0.05, 0) is 0 Å². The number of hydrogen-bond donors (Lipinski definition) is 0. The molecule has 1 spiro atoms. The van der Waals surface area contributed by atoms with Crippen molar-refractivity contribution in [3.05, 3.63) is 5.82 Å². The Kier molecular flexibility index (Phi) is 3.97. The Hall–Kier alpha value is -0.760. The summed E-state index contributed by atoms with van der Waals surface area (Å²) in [5, 5.41) is 0.999. The fourth-order valence-corrected chi connectivity index (χ4v) is 3.26. The first-order chi connectivity index (χ1) is 9.31. The Morgan fingerprint density at radius 3 is 2.74 bits per heavy atom. The maximum atomic E-state index is 5.73. The molecule has 0 radical (unpaired) electrons. The van der Waals surface area contributed by atoms with Gasteiger partial charge in [0.25, 0.3) is 0 Å². The molecule has 0 bridgehead atoms. The molecular weight excluding hydrogens is 266 g/mol. The summed E-state index contributed by atoms with van der Waals surface area (Å²) in [7, 11) is 1.69. The summed E-state index contributed by atoms with van der Waals surface area (Å²) >= 11 is 1.47. The molecule has 0 aromatic carbocycles. The highest BCUT2D eigenvalue weighted by molar-refractivity contribution is 7.09. The Balaban J connectivity index is 1.57. The van der Waals surface area contributed by atoms with Gasteiger partial charge in [-0.15, -0.1) is 0 Å². The monoisotopic (exact) mass is 285 g/mol. The Morgan fingerprint density at radius 2 is 2.05 bits per heavy atom. The van der Waals surface area contributed by atoms with E-state index in [1.807, 2.05) is 0 Å². The molecule has 3 heterocycles. The topological polar surface area (TPSA) is 56.7 Å². The second-order valence-electron chi connectivity index (χ2n) is 4.83. The van der Waals surface area contributed by atoms with E-state index in [1.54, 1.807) is 7.11 Å². The Labute approximate surface area is 116 Å². The first kappa shape index (κ1) is 13.2. The average molecular weight is 285 g/mol. The molecule has 0 atom stereocenters. The predicted molar refractivity (Wildman–Crippen MR) is 71.6 cm³/mol. The molecule has 2 saturated heterocycles. The molecule has 7 heteroatoms. The van der Waals surface area contributed by atoms with E-state index in [0.717, 1.165) is 56.5 Å². The van der Waals surface area contributed by atoms with Crippen molar-refractivity contribution in [2.24, 2.45) is 0 Å². The number of piperidine rings is 1. The van der Waals surface area contributed by atoms with E-state index >= 15 is 0 Å². The van der Waals surface area contributed by atoms with Gasteiger partial charge in [0.05, 0.1) is 19.8 Å². The molecule has 106 valence electrons. The molecule has 0 saturated carbocycles. The van der Waals surface area contributed by atoms with Gasteiger partial charge in [0.1, 0.15) is 5.82 Å². The standard InChI is InChI=1S/C12H19N3O3S/c1-16-7-2-10-13-11(19-14-10)15-5-3-12(4-6-15)17-8-9-18-12/h2-9H2,1H3. The summed E-state index contributed by atoms with van der Waals surface area (Å²) in [5.74, 6) is 0.551. The van der Waals surface area contributed by atoms with Crippen molar-refractivity contribution in [3.63, 3.8) is 0 Å². The molecule has 0 aliphatic carbocycles. The molecule has 1 aromatic rings. The van der Waals surface area contributed by atoms with E-state index in [-0.39, 0.29) is 5.79 Å². The van der Waals surface area contributed by atoms with Crippen LogP contribution in [-0.4, -0.2) is 55.2 Å². The van der Waals surface area contributed by atoms with E-state index < -0.39 is 0 Å². The van der Waals surface area contributed by atoms with Crippen LogP contribution >= 0.6 is 11.5 Å². The van der Waals surface area contributed by atoms with E-state index in [1.165, 1.54) is 11.5 Å². The van der Waals surface area contributed by atoms with Crippen molar-refractivity contribution in [1.29, 1.82) is 0 Å². The second-order valence-corrected chi connectivity index (χ2v) is 5.56. The van der Waals surface area contributed by atoms with Crippen molar-refractivity contribution < 1.29 is 14.2 Å². The Bertz CT molecular complexity index is 410. The zero-order chi connectivity index (χ0) is 13.1. The van der Waals surface area contributed by atoms with Gasteiger partial charge < -0.3 is 19.1 Å². The van der Waals surface area contributed by atoms with Crippen LogP contribution in [0.3, 0.4) is 0 Å². The van der Waals surface area contributed by atoms with Crippen LogP contribution in [0.1, 0.15) is 18.7 Å². The number of nitrogens with zero attached hydrogens (tertiary/aromatic N) is 3. The SMILES string of the molecule is COCCc1nsc(N2CCC3(CC2)OCCO3)n1. The lowest BCUT2D eigenvalue weighted by Gasteiger charge is -2.37. The van der Waals surface area contributed by atoms with Gasteiger partial charge in [-0.3, -0.25) is 0 Å². The lowest BCUT2D eigenvalue weighted by Crippen LogP contribution is -2.45. The molecule has 2 aliphatic rings. The van der Waals surface area contributed by atoms with Crippen LogP contribution < -0.4 is 4.90 Å². The minimum Gasteiger partial charge on any atom is -0.384 e. The molecule has 2 aliphatic heterocycles. The smallest absolute Gasteiger partial charge is 0.205 e. The summed E-state index contributed by atoms with van der Waals surface area (Å²) in [6.07, 6.45) is 2.58. The van der Waals surface area contributed by atoms with Crippen molar-refractivity contribution in [2.75, 3.05) is 44.9 Å². The fourth-order valence-electron chi connectivity index (χ4n) is 2.49. The van der Waals surface area contributed by atoms with Crippen LogP contribution in [-0.2, 0) is 20.6 Å². The fraction of sp³-hybridized carbons (Fsp3) is 0.833. The van der Waals surface area contributed by atoms with E-state index in [2.05, 4.69) is 14.3 Å². The third kappa shape index (κ3) is 2.89. The minimum atomic E-state index is -0.319. The second kappa shape index (κ2) is 5.70. The first-order valence-corrected chi connectivity index (χ1v) is 7.43. The molecule has 19 heavy (non-hydrogen) atoms. The molecule has 1 aromatic heterocycles. The molecule has 3 rings (SSSR count). The molecule has 0 amide bonds. The minimum absolute atomic E-state index is 0.319. The van der Waals surface area contributed by atoms with Crippen LogP contribution in [0.2, 0.25) is 0 Å². The van der Waals surface area contributed by atoms with Crippen molar-refractivity contribution in [3.8, 4) is 0 Å². The van der Waals surface area contributed by atoms with E-state index in [9.17, 15) is 0 Å². The van der Waals surface area contributed by atoms with Crippen molar-refractivity contribution in [1.82, 2.24) is 9.36 Å². The quantitative estimate of drug-likeness (QED) is 0.825. The first-order valence-electron chi connectivity index (χ1n) is 6.66. The number of rotatable bonds is 4. The van der Waals surface area contributed by atoms with Gasteiger partial charge in [-0.25, -0.2) is 4.98 Å². The zero-order valence-corrected chi connectivity index (χ0v) is 11.9. The average Bonchev–Trinajstić information content (AvgIpc) is 3.08. The summed E-state index contributed by atoms with van der Waals surface area (Å²) in [6, 6.07) is 0. The molecule has 2 fully saturated rings. The lowest BCUT2D eigenvalue weighted by molar-refractivity contribution is -0.169. The summed E-state index contributed by atoms with van der Waals surface area (Å²) < 4.78 is 20.9. The number of aromatic nitrogens is 2. The van der Waals surface area contributed by atoms with Gasteiger partial charge in [0, 0.05) is 51.0 Å². The van der Waals surface area contributed by atoms with Gasteiger partial charge in [-0.1, -0.05) is 0 Å². The molecule has 6 nitrogen and oxygen atoms in total. The van der Waals surface area contributed by atoms with Crippen LogP contribution in [0.5, 0.6) is 0 Å². The maximum absolute atomic E-state index is 5.73. The largest absolute Gasteiger partial charge is 0.384 e. The maximum Gasteiger partial charge on any atom is 0.205 e. The predicted octanol–water partition coefficient (Wildman–Crippen LogP) is 1.07. The van der Waals surface area contributed by atoms with Crippen LogP contribution in [0, 0.1) is 0 Å². The highest BCUT2D eigenvalue weighted by Crippen LogP contribution is 2.33. The number of methoxy groups -OCH3 is 1. The van der Waals surface area contributed by atoms with E-state index in [4.69, 9.17) is 14.2 Å². The molecular formula is C12H19N3O3S. The third-order valence-corrected chi connectivity index (χ3v) is 4.41.